The first-order valence-corrected chi connectivity index (χ1v) is 9.27. The predicted octanol–water partition coefficient (Wildman–Crippen LogP) is 2.49. The zero-order valence-electron chi connectivity index (χ0n) is 15.2. The number of hydrogen-bond acceptors (Lipinski definition) is 6. The molecule has 1 aliphatic rings. The van der Waals surface area contributed by atoms with Crippen LogP contribution in [-0.4, -0.2) is 66.9 Å². The Kier molecular flexibility index (Phi) is 5.96. The first-order valence-electron chi connectivity index (χ1n) is 8.89. The van der Waals surface area contributed by atoms with Crippen LogP contribution in [0.1, 0.15) is 22.8 Å². The van der Waals surface area contributed by atoms with E-state index >= 15 is 0 Å². The molecule has 0 radical (unpaired) electrons. The van der Waals surface area contributed by atoms with E-state index in [1.54, 1.807) is 13.1 Å². The summed E-state index contributed by atoms with van der Waals surface area (Å²) in [6.45, 7) is 8.07. The second kappa shape index (κ2) is 8.20. The minimum Gasteiger partial charge on any atom is -0.462 e. The van der Waals surface area contributed by atoms with Gasteiger partial charge in [0.2, 0.25) is 0 Å². The van der Waals surface area contributed by atoms with Gasteiger partial charge in [-0.2, -0.15) is 0 Å². The number of carbonyl (C=O) groups is 1. The van der Waals surface area contributed by atoms with Gasteiger partial charge in [0.1, 0.15) is 5.56 Å². The molecule has 140 valence electrons. The number of aliphatic hydroxyl groups is 1. The first-order chi connectivity index (χ1) is 12.5. The maximum atomic E-state index is 12.5. The van der Waals surface area contributed by atoms with Gasteiger partial charge in [0.25, 0.3) is 0 Å². The molecule has 0 spiro atoms. The lowest BCUT2D eigenvalue weighted by Crippen LogP contribution is -2.47. The van der Waals surface area contributed by atoms with Crippen LogP contribution in [0.2, 0.25) is 5.02 Å². The van der Waals surface area contributed by atoms with Gasteiger partial charge in [-0.3, -0.25) is 9.88 Å². The van der Waals surface area contributed by atoms with Crippen LogP contribution >= 0.6 is 11.6 Å². The third-order valence-corrected chi connectivity index (χ3v) is 4.92. The number of nitrogens with zero attached hydrogens (tertiary/aromatic N) is 3. The van der Waals surface area contributed by atoms with Gasteiger partial charge in [0, 0.05) is 49.3 Å². The van der Waals surface area contributed by atoms with Crippen LogP contribution < -0.4 is 4.90 Å². The molecular formula is C19H24ClN3O3. The van der Waals surface area contributed by atoms with Crippen molar-refractivity contribution >= 4 is 34.2 Å². The number of fused-ring (bicyclic) bond motifs is 1. The van der Waals surface area contributed by atoms with Gasteiger partial charge in [0.15, 0.2) is 0 Å². The average molecular weight is 378 g/mol. The second-order valence-corrected chi connectivity index (χ2v) is 6.85. The predicted molar refractivity (Wildman–Crippen MR) is 103 cm³/mol. The van der Waals surface area contributed by atoms with Crippen LogP contribution in [-0.2, 0) is 4.74 Å². The Labute approximate surface area is 158 Å². The summed E-state index contributed by atoms with van der Waals surface area (Å²) in [6, 6.07) is 3.75. The Morgan fingerprint density at radius 3 is 2.69 bits per heavy atom. The summed E-state index contributed by atoms with van der Waals surface area (Å²) in [5.41, 5.74) is 3.12. The number of aryl methyl sites for hydroxylation is 1. The van der Waals surface area contributed by atoms with Crippen molar-refractivity contribution in [3.8, 4) is 0 Å². The SMILES string of the molecule is CCOC(=O)c1cnc2c(C)cc(Cl)cc2c1N1CCN(CCO)CC1. The van der Waals surface area contributed by atoms with Crippen LogP contribution in [0.3, 0.4) is 0 Å². The molecule has 3 rings (SSSR count). The highest BCUT2D eigenvalue weighted by Gasteiger charge is 2.25. The molecule has 2 heterocycles. The van der Waals surface area contributed by atoms with Crippen LogP contribution in [0.4, 0.5) is 5.69 Å². The van der Waals surface area contributed by atoms with E-state index in [9.17, 15) is 4.79 Å². The Balaban J connectivity index is 2.07. The van der Waals surface area contributed by atoms with Crippen molar-refractivity contribution in [1.29, 1.82) is 0 Å². The molecule has 1 saturated heterocycles. The number of anilines is 1. The molecular weight excluding hydrogens is 354 g/mol. The highest BCUT2D eigenvalue weighted by molar-refractivity contribution is 6.31. The molecule has 0 unspecified atom stereocenters. The molecule has 2 aromatic rings. The Morgan fingerprint density at radius 1 is 1.31 bits per heavy atom. The lowest BCUT2D eigenvalue weighted by Gasteiger charge is -2.37. The molecule has 1 aromatic heterocycles. The standard InChI is InChI=1S/C19H24ClN3O3/c1-3-26-19(25)16-12-21-17-13(2)10-14(20)11-15(17)18(16)23-6-4-22(5-7-23)8-9-24/h10-12,24H,3-9H2,1-2H3. The lowest BCUT2D eigenvalue weighted by atomic mass is 10.0. The number of ether oxygens (including phenoxy) is 1. The van der Waals surface area contributed by atoms with Gasteiger partial charge >= 0.3 is 5.97 Å². The van der Waals surface area contributed by atoms with Gasteiger partial charge in [-0.25, -0.2) is 4.79 Å². The van der Waals surface area contributed by atoms with E-state index in [0.29, 0.717) is 23.7 Å². The van der Waals surface area contributed by atoms with Gasteiger partial charge in [-0.1, -0.05) is 11.6 Å². The zero-order valence-corrected chi connectivity index (χ0v) is 15.9. The zero-order chi connectivity index (χ0) is 18.7. The molecule has 0 amide bonds. The number of β-amino-alcohol motifs (C(OH)–C–C–N with tert-alkyl or cyclic N) is 1. The van der Waals surface area contributed by atoms with E-state index in [1.807, 2.05) is 19.1 Å². The summed E-state index contributed by atoms with van der Waals surface area (Å²) in [5.74, 6) is -0.368. The maximum absolute atomic E-state index is 12.5. The summed E-state index contributed by atoms with van der Waals surface area (Å²) in [4.78, 5) is 21.4. The Bertz CT molecular complexity index is 804. The fourth-order valence-electron chi connectivity index (χ4n) is 3.46. The monoisotopic (exact) mass is 377 g/mol. The maximum Gasteiger partial charge on any atom is 0.341 e. The number of aromatic nitrogens is 1. The number of carbonyl (C=O) groups excluding carboxylic acids is 1. The molecule has 7 heteroatoms. The van der Waals surface area contributed by atoms with E-state index in [4.69, 9.17) is 21.4 Å². The largest absolute Gasteiger partial charge is 0.462 e. The minimum atomic E-state index is -0.368. The van der Waals surface area contributed by atoms with E-state index in [0.717, 1.165) is 48.3 Å². The van der Waals surface area contributed by atoms with Gasteiger partial charge in [-0.15, -0.1) is 0 Å². The number of esters is 1. The summed E-state index contributed by atoms with van der Waals surface area (Å²) in [7, 11) is 0. The summed E-state index contributed by atoms with van der Waals surface area (Å²) in [5, 5.41) is 10.6. The lowest BCUT2D eigenvalue weighted by molar-refractivity contribution is 0.0526. The third kappa shape index (κ3) is 3.77. The molecule has 0 saturated carbocycles. The number of rotatable bonds is 5. The molecule has 6 nitrogen and oxygen atoms in total. The normalized spacial score (nSPS) is 15.5. The Morgan fingerprint density at radius 2 is 2.04 bits per heavy atom. The molecule has 1 N–H and O–H groups in total. The molecule has 0 aliphatic carbocycles. The van der Waals surface area contributed by atoms with Crippen molar-refractivity contribution in [3.63, 3.8) is 0 Å². The summed E-state index contributed by atoms with van der Waals surface area (Å²) >= 11 is 6.29. The second-order valence-electron chi connectivity index (χ2n) is 6.41. The Hall–Kier alpha value is -1.89. The number of piperazine rings is 1. The number of pyridine rings is 1. The van der Waals surface area contributed by atoms with E-state index in [-0.39, 0.29) is 12.6 Å². The van der Waals surface area contributed by atoms with Crippen molar-refractivity contribution in [2.24, 2.45) is 0 Å². The van der Waals surface area contributed by atoms with Crippen LogP contribution in [0.15, 0.2) is 18.3 Å². The van der Waals surface area contributed by atoms with E-state index < -0.39 is 0 Å². The fourth-order valence-corrected chi connectivity index (χ4v) is 3.73. The van der Waals surface area contributed by atoms with Crippen LogP contribution in [0.5, 0.6) is 0 Å². The first kappa shape index (κ1) is 18.9. The van der Waals surface area contributed by atoms with Crippen molar-refractivity contribution in [2.75, 3.05) is 50.8 Å². The molecule has 26 heavy (non-hydrogen) atoms. The smallest absolute Gasteiger partial charge is 0.341 e. The molecule has 1 fully saturated rings. The fraction of sp³-hybridized carbons (Fsp3) is 0.474. The van der Waals surface area contributed by atoms with Gasteiger partial charge in [-0.05, 0) is 31.5 Å². The molecule has 0 bridgehead atoms. The quantitative estimate of drug-likeness (QED) is 0.807. The highest BCUT2D eigenvalue weighted by atomic mass is 35.5. The number of halogens is 1. The van der Waals surface area contributed by atoms with Gasteiger partial charge < -0.3 is 14.7 Å². The highest BCUT2D eigenvalue weighted by Crippen LogP contribution is 2.34. The topological polar surface area (TPSA) is 65.9 Å². The third-order valence-electron chi connectivity index (χ3n) is 4.70. The van der Waals surface area contributed by atoms with E-state index in [2.05, 4.69) is 14.8 Å². The molecule has 0 atom stereocenters. The average Bonchev–Trinajstić information content (AvgIpc) is 2.62. The van der Waals surface area contributed by atoms with Crippen molar-refractivity contribution in [3.05, 3.63) is 34.5 Å². The van der Waals surface area contributed by atoms with Crippen LogP contribution in [0.25, 0.3) is 10.9 Å². The number of hydrogen-bond donors (Lipinski definition) is 1. The van der Waals surface area contributed by atoms with Crippen LogP contribution in [0, 0.1) is 6.92 Å². The van der Waals surface area contributed by atoms with Gasteiger partial charge in [0.05, 0.1) is 24.4 Å². The number of benzene rings is 1. The van der Waals surface area contributed by atoms with E-state index in [1.165, 1.54) is 0 Å². The summed E-state index contributed by atoms with van der Waals surface area (Å²) in [6.07, 6.45) is 1.61. The molecule has 1 aromatic carbocycles. The molecule has 1 aliphatic heterocycles. The number of aliphatic hydroxyl groups excluding tert-OH is 1. The van der Waals surface area contributed by atoms with Crippen molar-refractivity contribution in [2.45, 2.75) is 13.8 Å². The summed E-state index contributed by atoms with van der Waals surface area (Å²) < 4.78 is 5.25. The minimum absolute atomic E-state index is 0.154. The van der Waals surface area contributed by atoms with Crippen molar-refractivity contribution in [1.82, 2.24) is 9.88 Å². The van der Waals surface area contributed by atoms with Crippen molar-refractivity contribution < 1.29 is 14.6 Å².